The average molecular weight is 354 g/mol. The summed E-state index contributed by atoms with van der Waals surface area (Å²) in [6.07, 6.45) is 0. The number of aryl methyl sites for hydroxylation is 2. The third-order valence-electron chi connectivity index (χ3n) is 3.98. The van der Waals surface area contributed by atoms with Gasteiger partial charge >= 0.3 is 0 Å². The lowest BCUT2D eigenvalue weighted by Crippen LogP contribution is -2.30. The standard InChI is InChI=1S/C16H17Cl2N3O2/c1-9-14(10(2)21(20-9)7-6-17)16(22)19-13-8-23-15-11(13)4-3-5-12(15)18/h3-5,13H,6-8H2,1-2H3,(H,19,22)/t13-/m0/s1. The Labute approximate surface area is 144 Å². The second-order valence-electron chi connectivity index (χ2n) is 5.45. The van der Waals surface area contributed by atoms with Gasteiger partial charge < -0.3 is 10.1 Å². The van der Waals surface area contributed by atoms with Gasteiger partial charge in [-0.15, -0.1) is 11.6 Å². The van der Waals surface area contributed by atoms with E-state index in [-0.39, 0.29) is 11.9 Å². The van der Waals surface area contributed by atoms with Crippen molar-refractivity contribution in [1.82, 2.24) is 15.1 Å². The van der Waals surface area contributed by atoms with Crippen LogP contribution in [0.2, 0.25) is 5.02 Å². The van der Waals surface area contributed by atoms with Gasteiger partial charge in [-0.2, -0.15) is 5.10 Å². The Balaban J connectivity index is 1.83. The molecule has 0 radical (unpaired) electrons. The molecule has 1 aliphatic heterocycles. The van der Waals surface area contributed by atoms with Crippen molar-refractivity contribution in [2.24, 2.45) is 0 Å². The van der Waals surface area contributed by atoms with Crippen molar-refractivity contribution in [3.05, 3.63) is 45.7 Å². The molecular weight excluding hydrogens is 337 g/mol. The van der Waals surface area contributed by atoms with Gasteiger partial charge in [0.2, 0.25) is 0 Å². The van der Waals surface area contributed by atoms with Gasteiger partial charge in [0.05, 0.1) is 28.9 Å². The molecule has 0 unspecified atom stereocenters. The second-order valence-corrected chi connectivity index (χ2v) is 6.24. The van der Waals surface area contributed by atoms with E-state index in [4.69, 9.17) is 27.9 Å². The fraction of sp³-hybridized carbons (Fsp3) is 0.375. The van der Waals surface area contributed by atoms with Crippen molar-refractivity contribution in [2.45, 2.75) is 26.4 Å². The van der Waals surface area contributed by atoms with Crippen LogP contribution < -0.4 is 10.1 Å². The number of ether oxygens (including phenoxy) is 1. The minimum absolute atomic E-state index is 0.165. The summed E-state index contributed by atoms with van der Waals surface area (Å²) in [6.45, 7) is 4.64. The first kappa shape index (κ1) is 16.1. The highest BCUT2D eigenvalue weighted by Gasteiger charge is 2.29. The fourth-order valence-electron chi connectivity index (χ4n) is 2.88. The smallest absolute Gasteiger partial charge is 0.255 e. The lowest BCUT2D eigenvalue weighted by atomic mass is 10.1. The van der Waals surface area contributed by atoms with Crippen LogP contribution in [0.15, 0.2) is 18.2 Å². The Morgan fingerprint density at radius 2 is 2.26 bits per heavy atom. The molecule has 1 N–H and O–H groups in total. The van der Waals surface area contributed by atoms with Gasteiger partial charge in [-0.3, -0.25) is 9.48 Å². The number of aromatic nitrogens is 2. The number of alkyl halides is 1. The molecule has 0 aliphatic carbocycles. The molecule has 3 rings (SSSR count). The van der Waals surface area contributed by atoms with Crippen LogP contribution in [0, 0.1) is 13.8 Å². The summed E-state index contributed by atoms with van der Waals surface area (Å²) in [7, 11) is 0. The van der Waals surface area contributed by atoms with Gasteiger partial charge in [0.15, 0.2) is 0 Å². The third-order valence-corrected chi connectivity index (χ3v) is 4.44. The molecule has 1 atom stereocenters. The number of hydrogen-bond acceptors (Lipinski definition) is 3. The normalized spacial score (nSPS) is 16.1. The lowest BCUT2D eigenvalue weighted by molar-refractivity contribution is 0.0929. The van der Waals surface area contributed by atoms with Crippen molar-refractivity contribution in [1.29, 1.82) is 0 Å². The Morgan fingerprint density at radius 1 is 1.48 bits per heavy atom. The van der Waals surface area contributed by atoms with Gasteiger partial charge in [0.1, 0.15) is 12.4 Å². The van der Waals surface area contributed by atoms with Gasteiger partial charge in [-0.05, 0) is 19.9 Å². The molecule has 23 heavy (non-hydrogen) atoms. The van der Waals surface area contributed by atoms with Gasteiger partial charge in [0.25, 0.3) is 5.91 Å². The van der Waals surface area contributed by atoms with Crippen molar-refractivity contribution >= 4 is 29.1 Å². The van der Waals surface area contributed by atoms with Crippen LogP contribution in [0.5, 0.6) is 5.75 Å². The summed E-state index contributed by atoms with van der Waals surface area (Å²) in [5.41, 5.74) is 2.99. The lowest BCUT2D eigenvalue weighted by Gasteiger charge is -2.12. The number of fused-ring (bicyclic) bond motifs is 1. The summed E-state index contributed by atoms with van der Waals surface area (Å²) in [5.74, 6) is 0.929. The zero-order valence-corrected chi connectivity index (χ0v) is 14.4. The SMILES string of the molecule is Cc1nn(CCCl)c(C)c1C(=O)N[C@H]1COc2c(Cl)cccc21. The monoisotopic (exact) mass is 353 g/mol. The second kappa shape index (κ2) is 6.42. The molecule has 0 bridgehead atoms. The largest absolute Gasteiger partial charge is 0.489 e. The Morgan fingerprint density at radius 3 is 3.00 bits per heavy atom. The van der Waals surface area contributed by atoms with E-state index < -0.39 is 0 Å². The molecule has 1 aliphatic rings. The molecule has 7 heteroatoms. The predicted octanol–water partition coefficient (Wildman–Crippen LogP) is 3.26. The van der Waals surface area contributed by atoms with Crippen molar-refractivity contribution in [3.8, 4) is 5.75 Å². The number of para-hydroxylation sites is 1. The number of amides is 1. The van der Waals surface area contributed by atoms with Crippen LogP contribution in [0.4, 0.5) is 0 Å². The third kappa shape index (κ3) is 2.91. The maximum Gasteiger partial charge on any atom is 0.255 e. The van der Waals surface area contributed by atoms with Crippen LogP contribution in [-0.4, -0.2) is 28.2 Å². The van der Waals surface area contributed by atoms with E-state index in [2.05, 4.69) is 10.4 Å². The number of halogens is 2. The van der Waals surface area contributed by atoms with Crippen molar-refractivity contribution in [2.75, 3.05) is 12.5 Å². The topological polar surface area (TPSA) is 56.2 Å². The number of benzene rings is 1. The van der Waals surface area contributed by atoms with E-state index in [0.29, 0.717) is 41.1 Å². The number of carbonyl (C=O) groups excluding carboxylic acids is 1. The van der Waals surface area contributed by atoms with Gasteiger partial charge in [0, 0.05) is 17.1 Å². The van der Waals surface area contributed by atoms with Crippen LogP contribution in [0.25, 0.3) is 0 Å². The molecule has 1 aromatic heterocycles. The highest BCUT2D eigenvalue weighted by molar-refractivity contribution is 6.32. The molecule has 0 fully saturated rings. The number of hydrogen-bond donors (Lipinski definition) is 1. The summed E-state index contributed by atoms with van der Waals surface area (Å²) in [4.78, 5) is 12.7. The molecule has 2 heterocycles. The molecule has 0 spiro atoms. The van der Waals surface area contributed by atoms with Crippen LogP contribution >= 0.6 is 23.2 Å². The minimum Gasteiger partial charge on any atom is -0.489 e. The molecular formula is C16H17Cl2N3O2. The highest BCUT2D eigenvalue weighted by Crippen LogP contribution is 2.38. The zero-order valence-electron chi connectivity index (χ0n) is 12.9. The predicted molar refractivity (Wildman–Crippen MR) is 89.6 cm³/mol. The van der Waals surface area contributed by atoms with E-state index in [1.165, 1.54) is 0 Å². The molecule has 1 amide bonds. The van der Waals surface area contributed by atoms with Gasteiger partial charge in [-0.25, -0.2) is 0 Å². The van der Waals surface area contributed by atoms with Gasteiger partial charge in [-0.1, -0.05) is 23.7 Å². The molecule has 2 aromatic rings. The van der Waals surface area contributed by atoms with E-state index in [1.807, 2.05) is 26.0 Å². The highest BCUT2D eigenvalue weighted by atomic mass is 35.5. The Hall–Kier alpha value is -1.72. The van der Waals surface area contributed by atoms with Crippen LogP contribution in [0.1, 0.15) is 33.4 Å². The van der Waals surface area contributed by atoms with Crippen LogP contribution in [-0.2, 0) is 6.54 Å². The van der Waals surface area contributed by atoms with E-state index in [0.717, 1.165) is 11.3 Å². The van der Waals surface area contributed by atoms with E-state index >= 15 is 0 Å². The van der Waals surface area contributed by atoms with Crippen LogP contribution in [0.3, 0.4) is 0 Å². The fourth-order valence-corrected chi connectivity index (χ4v) is 3.28. The maximum atomic E-state index is 12.7. The number of nitrogens with one attached hydrogen (secondary N) is 1. The zero-order chi connectivity index (χ0) is 16.6. The quantitative estimate of drug-likeness (QED) is 0.858. The number of nitrogens with zero attached hydrogens (tertiary/aromatic N) is 2. The molecule has 5 nitrogen and oxygen atoms in total. The maximum absolute atomic E-state index is 12.7. The minimum atomic E-state index is -0.216. The summed E-state index contributed by atoms with van der Waals surface area (Å²) in [5, 5.41) is 7.94. The van der Waals surface area contributed by atoms with Crippen molar-refractivity contribution < 1.29 is 9.53 Å². The molecule has 0 saturated carbocycles. The Bertz CT molecular complexity index is 758. The number of carbonyl (C=O) groups is 1. The first-order valence-electron chi connectivity index (χ1n) is 7.35. The first-order valence-corrected chi connectivity index (χ1v) is 8.26. The van der Waals surface area contributed by atoms with E-state index in [9.17, 15) is 4.79 Å². The molecule has 122 valence electrons. The molecule has 0 saturated heterocycles. The number of rotatable bonds is 4. The summed E-state index contributed by atoms with van der Waals surface area (Å²) >= 11 is 11.9. The Kier molecular flexibility index (Phi) is 4.50. The van der Waals surface area contributed by atoms with E-state index in [1.54, 1.807) is 10.7 Å². The summed E-state index contributed by atoms with van der Waals surface area (Å²) < 4.78 is 7.36. The summed E-state index contributed by atoms with van der Waals surface area (Å²) in [6, 6.07) is 5.32. The van der Waals surface area contributed by atoms with Crippen molar-refractivity contribution in [3.63, 3.8) is 0 Å². The average Bonchev–Trinajstić information content (AvgIpc) is 3.03. The molecule has 1 aromatic carbocycles. The first-order chi connectivity index (χ1) is 11.0.